The van der Waals surface area contributed by atoms with Crippen LogP contribution in [-0.4, -0.2) is 11.9 Å². The fourth-order valence-electron chi connectivity index (χ4n) is 1.83. The summed E-state index contributed by atoms with van der Waals surface area (Å²) in [4.78, 5) is 11.1. The summed E-state index contributed by atoms with van der Waals surface area (Å²) < 4.78 is 0. The lowest BCUT2D eigenvalue weighted by Gasteiger charge is -2.13. The standard InChI is InChI=1S/C11H10Cl3NO/c12-8-2-3-9(13)11(14)7(8)5-6-1-4-10(16)15-6/h2-3,6H,1,4-5H2,(H,15,16). The molecule has 5 heteroatoms. The Bertz CT molecular complexity index is 433. The lowest BCUT2D eigenvalue weighted by atomic mass is 10.0. The van der Waals surface area contributed by atoms with Gasteiger partial charge < -0.3 is 5.32 Å². The largest absolute Gasteiger partial charge is 0.353 e. The number of benzene rings is 1. The summed E-state index contributed by atoms with van der Waals surface area (Å²) in [5.74, 6) is 0.0827. The van der Waals surface area contributed by atoms with Gasteiger partial charge in [-0.15, -0.1) is 0 Å². The van der Waals surface area contributed by atoms with Gasteiger partial charge in [0.2, 0.25) is 5.91 Å². The molecule has 1 aliphatic heterocycles. The second-order valence-corrected chi connectivity index (χ2v) is 5.02. The van der Waals surface area contributed by atoms with E-state index in [0.29, 0.717) is 27.9 Å². The van der Waals surface area contributed by atoms with E-state index in [2.05, 4.69) is 5.32 Å². The molecule has 1 aromatic carbocycles. The topological polar surface area (TPSA) is 29.1 Å². The van der Waals surface area contributed by atoms with Crippen LogP contribution in [0.15, 0.2) is 12.1 Å². The maximum absolute atomic E-state index is 11.1. The molecule has 2 nitrogen and oxygen atoms in total. The third-order valence-corrected chi connectivity index (χ3v) is 3.87. The number of hydrogen-bond acceptors (Lipinski definition) is 1. The van der Waals surface area contributed by atoms with Crippen LogP contribution in [0.25, 0.3) is 0 Å². The van der Waals surface area contributed by atoms with Crippen LogP contribution in [-0.2, 0) is 11.2 Å². The van der Waals surface area contributed by atoms with E-state index in [1.165, 1.54) is 0 Å². The molecule has 0 aliphatic carbocycles. The van der Waals surface area contributed by atoms with E-state index in [0.717, 1.165) is 12.0 Å². The van der Waals surface area contributed by atoms with Gasteiger partial charge in [0.05, 0.1) is 10.0 Å². The molecule has 2 rings (SSSR count). The Morgan fingerprint density at radius 3 is 2.56 bits per heavy atom. The molecule has 0 bridgehead atoms. The van der Waals surface area contributed by atoms with Crippen molar-refractivity contribution in [3.63, 3.8) is 0 Å². The zero-order valence-electron chi connectivity index (χ0n) is 8.40. The van der Waals surface area contributed by atoms with Crippen molar-refractivity contribution < 1.29 is 4.79 Å². The Morgan fingerprint density at radius 2 is 1.94 bits per heavy atom. The zero-order valence-corrected chi connectivity index (χ0v) is 10.7. The lowest BCUT2D eigenvalue weighted by molar-refractivity contribution is -0.119. The first-order valence-corrected chi connectivity index (χ1v) is 6.13. The van der Waals surface area contributed by atoms with Crippen molar-refractivity contribution in [2.75, 3.05) is 0 Å². The summed E-state index contributed by atoms with van der Waals surface area (Å²) in [6.45, 7) is 0. The molecule has 1 saturated heterocycles. The van der Waals surface area contributed by atoms with Crippen molar-refractivity contribution in [2.45, 2.75) is 25.3 Å². The van der Waals surface area contributed by atoms with Gasteiger partial charge in [0.15, 0.2) is 0 Å². The Morgan fingerprint density at radius 1 is 1.25 bits per heavy atom. The van der Waals surface area contributed by atoms with Crippen molar-refractivity contribution in [3.05, 3.63) is 32.8 Å². The molecule has 0 aromatic heterocycles. The van der Waals surface area contributed by atoms with Crippen molar-refractivity contribution in [3.8, 4) is 0 Å². The first kappa shape index (κ1) is 12.0. The molecule has 86 valence electrons. The summed E-state index contributed by atoms with van der Waals surface area (Å²) in [6.07, 6.45) is 2.02. The highest BCUT2D eigenvalue weighted by Crippen LogP contribution is 2.33. The molecule has 0 radical (unpaired) electrons. The average molecular weight is 279 g/mol. The minimum Gasteiger partial charge on any atom is -0.353 e. The summed E-state index contributed by atoms with van der Waals surface area (Å²) in [6, 6.07) is 3.51. The lowest BCUT2D eigenvalue weighted by Crippen LogP contribution is -2.27. The maximum Gasteiger partial charge on any atom is 0.220 e. The van der Waals surface area contributed by atoms with Crippen molar-refractivity contribution in [1.29, 1.82) is 0 Å². The van der Waals surface area contributed by atoms with Gasteiger partial charge in [-0.1, -0.05) is 34.8 Å². The number of halogens is 3. The van der Waals surface area contributed by atoms with E-state index in [1.807, 2.05) is 0 Å². The molecule has 1 heterocycles. The van der Waals surface area contributed by atoms with Gasteiger partial charge >= 0.3 is 0 Å². The highest BCUT2D eigenvalue weighted by molar-refractivity contribution is 6.44. The molecule has 1 fully saturated rings. The summed E-state index contributed by atoms with van der Waals surface area (Å²) in [5, 5.41) is 4.44. The third kappa shape index (κ3) is 2.45. The van der Waals surface area contributed by atoms with Gasteiger partial charge in [-0.25, -0.2) is 0 Å². The van der Waals surface area contributed by atoms with Crippen molar-refractivity contribution in [1.82, 2.24) is 5.32 Å². The molecule has 1 amide bonds. The molecule has 0 spiro atoms. The second-order valence-electron chi connectivity index (χ2n) is 3.83. The molecule has 1 atom stereocenters. The minimum atomic E-state index is 0.0827. The Kier molecular flexibility index (Phi) is 3.63. The van der Waals surface area contributed by atoms with Crippen LogP contribution in [0.1, 0.15) is 18.4 Å². The Hall–Kier alpha value is -0.440. The van der Waals surface area contributed by atoms with Crippen LogP contribution in [0.5, 0.6) is 0 Å². The molecule has 1 N–H and O–H groups in total. The van der Waals surface area contributed by atoms with Crippen molar-refractivity contribution in [2.24, 2.45) is 0 Å². The third-order valence-electron chi connectivity index (χ3n) is 2.67. The summed E-state index contributed by atoms with van der Waals surface area (Å²) in [7, 11) is 0. The van der Waals surface area contributed by atoms with E-state index in [9.17, 15) is 4.79 Å². The van der Waals surface area contributed by atoms with Crippen LogP contribution in [0.2, 0.25) is 15.1 Å². The van der Waals surface area contributed by atoms with Gasteiger partial charge in [-0.3, -0.25) is 4.79 Å². The Balaban J connectivity index is 2.21. The van der Waals surface area contributed by atoms with Crippen LogP contribution < -0.4 is 5.32 Å². The first-order valence-electron chi connectivity index (χ1n) is 4.99. The fraction of sp³-hybridized carbons (Fsp3) is 0.364. The Labute approximate surface area is 109 Å². The molecule has 1 unspecified atom stereocenters. The minimum absolute atomic E-state index is 0.0827. The molecule has 1 aliphatic rings. The molecule has 0 saturated carbocycles. The van der Waals surface area contributed by atoms with E-state index in [-0.39, 0.29) is 11.9 Å². The fourth-order valence-corrected chi connectivity index (χ4v) is 2.54. The normalized spacial score (nSPS) is 19.9. The zero-order chi connectivity index (χ0) is 11.7. The number of hydrogen-bond donors (Lipinski definition) is 1. The highest BCUT2D eigenvalue weighted by Gasteiger charge is 2.23. The second kappa shape index (κ2) is 4.82. The molecular formula is C11H10Cl3NO. The predicted molar refractivity (Wildman–Crippen MR) is 66.3 cm³/mol. The highest BCUT2D eigenvalue weighted by atomic mass is 35.5. The van der Waals surface area contributed by atoms with Crippen LogP contribution >= 0.6 is 34.8 Å². The van der Waals surface area contributed by atoms with Gasteiger partial charge in [-0.2, -0.15) is 0 Å². The van der Waals surface area contributed by atoms with Gasteiger partial charge in [0.1, 0.15) is 0 Å². The van der Waals surface area contributed by atoms with Crippen LogP contribution in [0, 0.1) is 0 Å². The van der Waals surface area contributed by atoms with E-state index in [1.54, 1.807) is 12.1 Å². The summed E-state index contributed by atoms with van der Waals surface area (Å²) in [5.41, 5.74) is 0.808. The molecular weight excluding hydrogens is 268 g/mol. The van der Waals surface area contributed by atoms with Crippen LogP contribution in [0.4, 0.5) is 0 Å². The number of amides is 1. The van der Waals surface area contributed by atoms with Crippen LogP contribution in [0.3, 0.4) is 0 Å². The average Bonchev–Trinajstić information content (AvgIpc) is 2.65. The quantitative estimate of drug-likeness (QED) is 0.825. The number of carbonyl (C=O) groups excluding carboxylic acids is 1. The first-order chi connectivity index (χ1) is 7.58. The predicted octanol–water partition coefficient (Wildman–Crippen LogP) is 3.47. The van der Waals surface area contributed by atoms with E-state index < -0.39 is 0 Å². The van der Waals surface area contributed by atoms with E-state index >= 15 is 0 Å². The van der Waals surface area contributed by atoms with Gasteiger partial charge in [0, 0.05) is 17.5 Å². The SMILES string of the molecule is O=C1CCC(Cc2c(Cl)ccc(Cl)c2Cl)N1. The van der Waals surface area contributed by atoms with Gasteiger partial charge in [-0.05, 0) is 30.5 Å². The maximum atomic E-state index is 11.1. The number of carbonyl (C=O) groups is 1. The number of rotatable bonds is 2. The summed E-state index contributed by atoms with van der Waals surface area (Å²) >= 11 is 18.1. The molecule has 16 heavy (non-hydrogen) atoms. The smallest absolute Gasteiger partial charge is 0.220 e. The number of nitrogens with one attached hydrogen (secondary N) is 1. The monoisotopic (exact) mass is 277 g/mol. The van der Waals surface area contributed by atoms with E-state index in [4.69, 9.17) is 34.8 Å². The van der Waals surface area contributed by atoms with Crippen molar-refractivity contribution >= 4 is 40.7 Å². The van der Waals surface area contributed by atoms with Gasteiger partial charge in [0.25, 0.3) is 0 Å². The molecule has 1 aromatic rings.